The van der Waals surface area contributed by atoms with Gasteiger partial charge in [0, 0.05) is 13.7 Å². The van der Waals surface area contributed by atoms with Gasteiger partial charge in [0.15, 0.2) is 0 Å². The van der Waals surface area contributed by atoms with E-state index < -0.39 is 19.4 Å². The summed E-state index contributed by atoms with van der Waals surface area (Å²) < 4.78 is 15.6. The van der Waals surface area contributed by atoms with E-state index in [9.17, 15) is 19.8 Å². The molecule has 0 spiro atoms. The molecule has 0 amide bonds. The maximum atomic E-state index is 10.7. The average Bonchev–Trinajstić information content (AvgIpc) is 2.55. The number of carbonyl (C=O) groups is 2. The first-order valence-electron chi connectivity index (χ1n) is 6.83. The first-order valence-corrected chi connectivity index (χ1v) is 8.85. The van der Waals surface area contributed by atoms with E-state index in [-0.39, 0.29) is 40.7 Å². The fourth-order valence-electron chi connectivity index (χ4n) is 1.80. The number of benzene rings is 2. The van der Waals surface area contributed by atoms with E-state index in [4.69, 9.17) is 9.05 Å². The van der Waals surface area contributed by atoms with Gasteiger partial charge >= 0.3 is 37.1 Å². The van der Waals surface area contributed by atoms with E-state index in [1.165, 1.54) is 48.5 Å². The van der Waals surface area contributed by atoms with Crippen LogP contribution >= 0.6 is 7.51 Å². The van der Waals surface area contributed by atoms with Crippen LogP contribution in [0.25, 0.3) is 0 Å². The summed E-state index contributed by atoms with van der Waals surface area (Å²) in [5.74, 6) is -1.76. The van der Waals surface area contributed by atoms with Crippen LogP contribution in [0.15, 0.2) is 53.3 Å². The summed E-state index contributed by atoms with van der Waals surface area (Å²) in [5.41, 5.74) is 0.0734. The molecule has 0 fully saturated rings. The zero-order valence-corrected chi connectivity index (χ0v) is 16.9. The zero-order valence-electron chi connectivity index (χ0n) is 14.0. The number of carboxylic acid groups (broad SMARTS) is 2. The minimum Gasteiger partial charge on any atom is -0.545 e. The maximum Gasteiger partial charge on any atom is 1.00 e. The summed E-state index contributed by atoms with van der Waals surface area (Å²) in [6.07, 6.45) is 0. The van der Waals surface area contributed by atoms with E-state index in [1.807, 2.05) is 0 Å². The number of carbonyl (C=O) groups excluding carboxylic acids is 2. The van der Waals surface area contributed by atoms with Crippen LogP contribution in [0.4, 0.5) is 0 Å². The topological polar surface area (TPSA) is 111 Å². The predicted molar refractivity (Wildman–Crippen MR) is 84.0 cm³/mol. The van der Waals surface area contributed by atoms with Gasteiger partial charge in [-0.05, 0) is 59.7 Å². The molecule has 2 rings (SSSR count). The Bertz CT molecular complexity index is 741. The average molecular weight is 370 g/mol. The fourth-order valence-corrected chi connectivity index (χ4v) is 3.02. The van der Waals surface area contributed by atoms with Crippen LogP contribution < -0.4 is 48.8 Å². The number of aromatic carboxylic acids is 2. The Morgan fingerprint density at radius 3 is 1.40 bits per heavy atom. The third-order valence-electron chi connectivity index (χ3n) is 3.09. The van der Waals surface area contributed by atoms with E-state index in [1.54, 1.807) is 13.7 Å². The van der Waals surface area contributed by atoms with Crippen molar-refractivity contribution in [3.05, 3.63) is 59.7 Å². The van der Waals surface area contributed by atoms with Crippen LogP contribution in [0.5, 0.6) is 11.5 Å². The Morgan fingerprint density at radius 2 is 1.16 bits per heavy atom. The molecule has 126 valence electrons. The number of carboxylic acids is 2. The fraction of sp³-hybridized carbons (Fsp3) is 0.125. The van der Waals surface area contributed by atoms with E-state index in [0.29, 0.717) is 11.5 Å². The number of nitrogens with zero attached hydrogens (tertiary/aromatic N) is 1. The van der Waals surface area contributed by atoms with Gasteiger partial charge in [0.05, 0.1) is 11.9 Å². The van der Waals surface area contributed by atoms with Gasteiger partial charge in [-0.1, -0.05) is 0 Å². The molecule has 0 aliphatic heterocycles. The van der Waals surface area contributed by atoms with Crippen molar-refractivity contribution >= 4 is 19.4 Å². The summed E-state index contributed by atoms with van der Waals surface area (Å²) in [6.45, 7) is 1.67. The monoisotopic (exact) mass is 370 g/mol. The molecule has 2 aromatic carbocycles. The molecule has 2 aromatic rings. The van der Waals surface area contributed by atoms with E-state index >= 15 is 0 Å². The predicted octanol–water partition coefficient (Wildman–Crippen LogP) is -1.83. The molecule has 7 nitrogen and oxygen atoms in total. The Kier molecular flexibility index (Phi) is 7.70. The van der Waals surface area contributed by atoms with Crippen molar-refractivity contribution in [2.24, 2.45) is 4.74 Å². The molecule has 0 aliphatic carbocycles. The summed E-state index contributed by atoms with van der Waals surface area (Å²) in [5, 5.41) is 21.5. The Morgan fingerprint density at radius 1 is 0.840 bits per heavy atom. The second kappa shape index (κ2) is 9.06. The number of rotatable bonds is 6. The van der Waals surface area contributed by atoms with Crippen LogP contribution in [0.2, 0.25) is 0 Å². The summed E-state index contributed by atoms with van der Waals surface area (Å²) in [4.78, 5) is 21.5. The molecule has 0 aromatic heterocycles. The molecule has 0 radical (unpaired) electrons. The second-order valence-electron chi connectivity index (χ2n) is 4.81. The molecule has 9 heteroatoms. The van der Waals surface area contributed by atoms with Crippen molar-refractivity contribution in [1.29, 1.82) is 0 Å². The quantitative estimate of drug-likeness (QED) is 0.437. The van der Waals surface area contributed by atoms with E-state index in [0.717, 1.165) is 0 Å². The molecule has 0 N–H and O–H groups in total. The molecule has 0 saturated heterocycles. The molecule has 0 atom stereocenters. The Labute approximate surface area is 167 Å². The third kappa shape index (κ3) is 5.90. The molecular weight excluding hydrogens is 356 g/mol. The molecule has 0 aliphatic rings. The second-order valence-corrected chi connectivity index (χ2v) is 7.18. The summed E-state index contributed by atoms with van der Waals surface area (Å²) in [7, 11) is -1.13. The first kappa shape index (κ1) is 21.3. The van der Waals surface area contributed by atoms with Gasteiger partial charge in [-0.2, -0.15) is 0 Å². The van der Waals surface area contributed by atoms with Crippen molar-refractivity contribution in [3.63, 3.8) is 0 Å². The molecule has 0 unspecified atom stereocenters. The minimum atomic E-state index is -2.67. The maximum absolute atomic E-state index is 10.7. The van der Waals surface area contributed by atoms with Crippen molar-refractivity contribution in [2.75, 3.05) is 13.7 Å². The van der Waals surface area contributed by atoms with Crippen molar-refractivity contribution in [2.45, 2.75) is 0 Å². The van der Waals surface area contributed by atoms with Gasteiger partial charge < -0.3 is 28.8 Å². The Balaban J connectivity index is 0.00000312. The van der Waals surface area contributed by atoms with Crippen LogP contribution in [-0.2, 0) is 0 Å². The largest absolute Gasteiger partial charge is 1.00 e. The van der Waals surface area contributed by atoms with Crippen molar-refractivity contribution < 1.29 is 58.4 Å². The normalized spacial score (nSPS) is 10.3. The van der Waals surface area contributed by atoms with Gasteiger partial charge in [-0.3, -0.25) is 0 Å². The third-order valence-corrected chi connectivity index (χ3v) is 4.92. The first-order chi connectivity index (χ1) is 11.3. The smallest absolute Gasteiger partial charge is 0.545 e. The molecule has 25 heavy (non-hydrogen) atoms. The van der Waals surface area contributed by atoms with Crippen molar-refractivity contribution in [3.8, 4) is 11.5 Å². The summed E-state index contributed by atoms with van der Waals surface area (Å²) in [6, 6.07) is 11.4. The van der Waals surface area contributed by atoms with Crippen LogP contribution in [0.3, 0.4) is 0 Å². The van der Waals surface area contributed by atoms with Crippen LogP contribution in [0, 0.1) is 0 Å². The van der Waals surface area contributed by atoms with Gasteiger partial charge in [-0.15, -0.1) is 0 Å². The number of hydrogen-bond acceptors (Lipinski definition) is 7. The zero-order chi connectivity index (χ0) is 17.7. The molecule has 0 heterocycles. The van der Waals surface area contributed by atoms with Gasteiger partial charge in [0.1, 0.15) is 11.5 Å². The minimum absolute atomic E-state index is 0. The molecular formula is C16H14NNaO6P-. The van der Waals surface area contributed by atoms with Gasteiger partial charge in [0.25, 0.3) is 0 Å². The summed E-state index contributed by atoms with van der Waals surface area (Å²) >= 11 is 0. The van der Waals surface area contributed by atoms with Gasteiger partial charge in [0.2, 0.25) is 0 Å². The standard InChI is InChI=1S/C16H16NO6P.Na/c1-17-24(2,22-13-7-3-11(4-8-13)15(18)19)23-14-9-5-12(6-10-14)16(20)21;/h3-10H,1-2H3,(H,18,19)(H,20,21);/q;+1/p-2. The molecule has 0 saturated carbocycles. The van der Waals surface area contributed by atoms with Crippen molar-refractivity contribution in [1.82, 2.24) is 0 Å². The SMILES string of the molecule is CN=P(C)(Oc1ccc(C(=O)[O-])cc1)Oc1ccc(C(=O)[O-])cc1.[Na+]. The Hall–Kier alpha value is -1.79. The number of hydrogen-bond donors (Lipinski definition) is 0. The van der Waals surface area contributed by atoms with Gasteiger partial charge in [-0.25, -0.2) is 4.74 Å². The van der Waals surface area contributed by atoms with Crippen LogP contribution in [0.1, 0.15) is 20.7 Å². The molecule has 0 bridgehead atoms. The van der Waals surface area contributed by atoms with Crippen LogP contribution in [-0.4, -0.2) is 25.7 Å². The van der Waals surface area contributed by atoms with E-state index in [2.05, 4.69) is 4.74 Å².